The van der Waals surface area contributed by atoms with Crippen molar-refractivity contribution in [3.8, 4) is 11.3 Å². The fraction of sp³-hybridized carbons (Fsp3) is 0.375. The third kappa shape index (κ3) is 3.67. The Bertz CT molecular complexity index is 661. The number of aliphatic hydroxyl groups is 1. The van der Waals surface area contributed by atoms with Crippen LogP contribution < -0.4 is 0 Å². The predicted octanol–water partition coefficient (Wildman–Crippen LogP) is 3.23. The molecule has 2 rings (SSSR count). The average Bonchev–Trinajstić information content (AvgIpc) is 2.92. The van der Waals surface area contributed by atoms with E-state index in [0.717, 1.165) is 0 Å². The van der Waals surface area contributed by atoms with Crippen molar-refractivity contribution in [1.29, 1.82) is 0 Å². The zero-order valence-electron chi connectivity index (χ0n) is 12.8. The summed E-state index contributed by atoms with van der Waals surface area (Å²) in [6.45, 7) is 5.81. The van der Waals surface area contributed by atoms with Gasteiger partial charge in [0.05, 0.1) is 10.6 Å². The molecule has 0 radical (unpaired) electrons. The SMILES string of the molecule is CCN(CC(C)(C)O)C(=O)c1ncoc1-c1ccccc1Cl. The largest absolute Gasteiger partial charge is 0.443 e. The van der Waals surface area contributed by atoms with E-state index in [0.29, 0.717) is 22.9 Å². The maximum Gasteiger partial charge on any atom is 0.276 e. The third-order valence-electron chi connectivity index (χ3n) is 3.14. The van der Waals surface area contributed by atoms with Crippen LogP contribution in [0.2, 0.25) is 5.02 Å². The van der Waals surface area contributed by atoms with E-state index in [1.807, 2.05) is 13.0 Å². The van der Waals surface area contributed by atoms with E-state index in [1.54, 1.807) is 32.0 Å². The molecule has 1 aromatic heterocycles. The number of hydrogen-bond acceptors (Lipinski definition) is 4. The normalized spacial score (nSPS) is 11.5. The summed E-state index contributed by atoms with van der Waals surface area (Å²) in [6, 6.07) is 7.11. The van der Waals surface area contributed by atoms with E-state index >= 15 is 0 Å². The first-order chi connectivity index (χ1) is 10.3. The summed E-state index contributed by atoms with van der Waals surface area (Å²) in [7, 11) is 0. The van der Waals surface area contributed by atoms with E-state index < -0.39 is 5.60 Å². The van der Waals surface area contributed by atoms with Gasteiger partial charge in [-0.3, -0.25) is 4.79 Å². The Morgan fingerprint density at radius 2 is 2.09 bits per heavy atom. The highest BCUT2D eigenvalue weighted by molar-refractivity contribution is 6.33. The average molecular weight is 323 g/mol. The van der Waals surface area contributed by atoms with Crippen molar-refractivity contribution in [2.75, 3.05) is 13.1 Å². The van der Waals surface area contributed by atoms with Gasteiger partial charge in [-0.25, -0.2) is 4.98 Å². The molecule has 0 bridgehead atoms. The van der Waals surface area contributed by atoms with Crippen LogP contribution in [-0.4, -0.2) is 39.6 Å². The maximum absolute atomic E-state index is 12.7. The molecule has 0 atom stereocenters. The van der Waals surface area contributed by atoms with Gasteiger partial charge in [-0.2, -0.15) is 0 Å². The molecule has 0 spiro atoms. The number of halogens is 1. The number of aromatic nitrogens is 1. The minimum Gasteiger partial charge on any atom is -0.443 e. The molecule has 0 fully saturated rings. The van der Waals surface area contributed by atoms with E-state index in [2.05, 4.69) is 4.98 Å². The van der Waals surface area contributed by atoms with Crippen LogP contribution >= 0.6 is 11.6 Å². The number of benzene rings is 1. The fourth-order valence-corrected chi connectivity index (χ4v) is 2.40. The predicted molar refractivity (Wildman–Crippen MR) is 84.8 cm³/mol. The van der Waals surface area contributed by atoms with Gasteiger partial charge in [0.25, 0.3) is 5.91 Å². The van der Waals surface area contributed by atoms with Crippen LogP contribution in [0.25, 0.3) is 11.3 Å². The molecule has 0 unspecified atom stereocenters. The highest BCUT2D eigenvalue weighted by atomic mass is 35.5. The van der Waals surface area contributed by atoms with Crippen molar-refractivity contribution in [2.24, 2.45) is 0 Å². The van der Waals surface area contributed by atoms with Gasteiger partial charge in [0, 0.05) is 18.7 Å². The van der Waals surface area contributed by atoms with Crippen LogP contribution in [0.5, 0.6) is 0 Å². The molecule has 5 nitrogen and oxygen atoms in total. The molecule has 0 aliphatic heterocycles. The number of carbonyl (C=O) groups is 1. The second kappa shape index (κ2) is 6.50. The Morgan fingerprint density at radius 3 is 2.68 bits per heavy atom. The first-order valence-electron chi connectivity index (χ1n) is 7.03. The van der Waals surface area contributed by atoms with Crippen LogP contribution in [0.1, 0.15) is 31.3 Å². The first kappa shape index (κ1) is 16.5. The van der Waals surface area contributed by atoms with Crippen LogP contribution in [0, 0.1) is 0 Å². The van der Waals surface area contributed by atoms with Crippen molar-refractivity contribution in [3.63, 3.8) is 0 Å². The van der Waals surface area contributed by atoms with Gasteiger partial charge in [0.2, 0.25) is 0 Å². The molecule has 1 aromatic carbocycles. The first-order valence-corrected chi connectivity index (χ1v) is 7.41. The summed E-state index contributed by atoms with van der Waals surface area (Å²) in [5.41, 5.74) is -0.177. The van der Waals surface area contributed by atoms with Gasteiger partial charge < -0.3 is 14.4 Å². The van der Waals surface area contributed by atoms with Crippen LogP contribution in [0.3, 0.4) is 0 Å². The molecule has 0 aliphatic rings. The maximum atomic E-state index is 12.7. The lowest BCUT2D eigenvalue weighted by Crippen LogP contribution is -2.42. The Morgan fingerprint density at radius 1 is 1.41 bits per heavy atom. The number of oxazole rings is 1. The number of carbonyl (C=O) groups excluding carboxylic acids is 1. The molecule has 22 heavy (non-hydrogen) atoms. The number of amides is 1. The van der Waals surface area contributed by atoms with Crippen molar-refractivity contribution < 1.29 is 14.3 Å². The van der Waals surface area contributed by atoms with Crippen molar-refractivity contribution in [2.45, 2.75) is 26.4 Å². The zero-order valence-corrected chi connectivity index (χ0v) is 13.6. The molecule has 2 aromatic rings. The number of rotatable bonds is 5. The minimum atomic E-state index is -0.986. The van der Waals surface area contributed by atoms with Gasteiger partial charge in [-0.15, -0.1) is 0 Å². The lowest BCUT2D eigenvalue weighted by atomic mass is 10.1. The number of nitrogens with zero attached hydrogens (tertiary/aromatic N) is 2. The second-order valence-electron chi connectivity index (χ2n) is 5.64. The zero-order chi connectivity index (χ0) is 16.3. The Labute approximate surface area is 134 Å². The minimum absolute atomic E-state index is 0.194. The summed E-state index contributed by atoms with van der Waals surface area (Å²) < 4.78 is 5.37. The highest BCUT2D eigenvalue weighted by Crippen LogP contribution is 2.30. The summed E-state index contributed by atoms with van der Waals surface area (Å²) in [5, 5.41) is 10.4. The van der Waals surface area contributed by atoms with Gasteiger partial charge in [-0.1, -0.05) is 23.7 Å². The van der Waals surface area contributed by atoms with Crippen LogP contribution in [0.4, 0.5) is 0 Å². The quantitative estimate of drug-likeness (QED) is 0.917. The van der Waals surface area contributed by atoms with E-state index in [-0.39, 0.29) is 18.1 Å². The Hall–Kier alpha value is -1.85. The molecule has 1 heterocycles. The fourth-order valence-electron chi connectivity index (χ4n) is 2.18. The van der Waals surface area contributed by atoms with Crippen LogP contribution in [-0.2, 0) is 0 Å². The molecule has 118 valence electrons. The summed E-state index contributed by atoms with van der Waals surface area (Å²) in [4.78, 5) is 18.2. The summed E-state index contributed by atoms with van der Waals surface area (Å²) >= 11 is 6.16. The number of likely N-dealkylation sites (N-methyl/N-ethyl adjacent to an activating group) is 1. The molecule has 0 saturated heterocycles. The Kier molecular flexibility index (Phi) is 4.88. The van der Waals surface area contributed by atoms with E-state index in [1.165, 1.54) is 11.3 Å². The topological polar surface area (TPSA) is 66.6 Å². The standard InChI is InChI=1S/C16H19ClN2O3/c1-4-19(9-16(2,3)21)15(20)13-14(22-10-18-13)11-7-5-6-8-12(11)17/h5-8,10,21H,4,9H2,1-3H3. The van der Waals surface area contributed by atoms with Gasteiger partial charge in [-0.05, 0) is 32.9 Å². The highest BCUT2D eigenvalue weighted by Gasteiger charge is 2.27. The monoisotopic (exact) mass is 322 g/mol. The van der Waals surface area contributed by atoms with Crippen molar-refractivity contribution in [3.05, 3.63) is 41.4 Å². The van der Waals surface area contributed by atoms with E-state index in [9.17, 15) is 9.90 Å². The number of hydrogen-bond donors (Lipinski definition) is 1. The molecular formula is C16H19ClN2O3. The van der Waals surface area contributed by atoms with Crippen molar-refractivity contribution >= 4 is 17.5 Å². The van der Waals surface area contributed by atoms with Gasteiger partial charge in [0.1, 0.15) is 0 Å². The second-order valence-corrected chi connectivity index (χ2v) is 6.05. The molecule has 0 saturated carbocycles. The molecule has 6 heteroatoms. The summed E-state index contributed by atoms with van der Waals surface area (Å²) in [6.07, 6.45) is 1.23. The van der Waals surface area contributed by atoms with Crippen LogP contribution in [0.15, 0.2) is 35.1 Å². The third-order valence-corrected chi connectivity index (χ3v) is 3.46. The molecule has 0 aliphatic carbocycles. The summed E-state index contributed by atoms with van der Waals surface area (Å²) in [5.74, 6) is 0.0399. The van der Waals surface area contributed by atoms with Gasteiger partial charge in [0.15, 0.2) is 17.8 Å². The van der Waals surface area contributed by atoms with E-state index in [4.69, 9.17) is 16.0 Å². The smallest absolute Gasteiger partial charge is 0.276 e. The Balaban J connectivity index is 2.36. The molecule has 1 N–H and O–H groups in total. The van der Waals surface area contributed by atoms with Gasteiger partial charge >= 0.3 is 0 Å². The lowest BCUT2D eigenvalue weighted by molar-refractivity contribution is 0.0312. The lowest BCUT2D eigenvalue weighted by Gasteiger charge is -2.27. The molecule has 1 amide bonds. The molecular weight excluding hydrogens is 304 g/mol. The van der Waals surface area contributed by atoms with Crippen molar-refractivity contribution in [1.82, 2.24) is 9.88 Å².